The molecule has 30 heavy (non-hydrogen) atoms. The molecule has 0 aliphatic carbocycles. The van der Waals surface area contributed by atoms with Crippen LogP contribution in [0.3, 0.4) is 0 Å². The second-order valence-corrected chi connectivity index (χ2v) is 6.88. The van der Waals surface area contributed by atoms with Gasteiger partial charge in [0.25, 0.3) is 0 Å². The Kier molecular flexibility index (Phi) is 10.2. The molecule has 1 amide bonds. The molecule has 160 valence electrons. The molecule has 5 N–H and O–H groups in total. The van der Waals surface area contributed by atoms with Crippen LogP contribution in [0.15, 0.2) is 64.8 Å². The minimum absolute atomic E-state index is 0.145. The largest absolute Gasteiger partial charge is 0.480 e. The van der Waals surface area contributed by atoms with Crippen molar-refractivity contribution in [2.45, 2.75) is 38.1 Å². The van der Waals surface area contributed by atoms with Crippen LogP contribution in [-0.4, -0.2) is 36.1 Å². The molecule has 0 heterocycles. The topological polar surface area (TPSA) is 129 Å². The Labute approximate surface area is 176 Å². The fourth-order valence-electron chi connectivity index (χ4n) is 2.76. The highest BCUT2D eigenvalue weighted by molar-refractivity contribution is 5.94. The Morgan fingerprint density at radius 3 is 2.17 bits per heavy atom. The molecule has 2 rings (SSSR count). The number of hydrogen-bond donors (Lipinski definition) is 4. The number of carboxylic acids is 1. The van der Waals surface area contributed by atoms with Crippen LogP contribution in [0, 0.1) is 0 Å². The normalized spacial score (nSPS) is 12.0. The van der Waals surface area contributed by atoms with Crippen LogP contribution in [0.1, 0.15) is 32.1 Å². The van der Waals surface area contributed by atoms with Gasteiger partial charge in [-0.25, -0.2) is 0 Å². The number of benzene rings is 2. The number of rotatable bonds is 13. The van der Waals surface area contributed by atoms with Gasteiger partial charge in [0.2, 0.25) is 5.91 Å². The van der Waals surface area contributed by atoms with Crippen molar-refractivity contribution >= 4 is 28.9 Å². The third kappa shape index (κ3) is 8.93. The van der Waals surface area contributed by atoms with E-state index in [9.17, 15) is 14.7 Å². The maximum absolute atomic E-state index is 12.2. The molecule has 0 spiro atoms. The zero-order valence-electron chi connectivity index (χ0n) is 17.0. The smallest absolute Gasteiger partial charge is 0.321 e. The number of azo groups is 1. The number of nitrogens with one attached hydrogen (secondary N) is 2. The average Bonchev–Trinajstić information content (AvgIpc) is 2.75. The van der Waals surface area contributed by atoms with Crippen LogP contribution < -0.4 is 16.4 Å². The van der Waals surface area contributed by atoms with E-state index in [1.165, 1.54) is 0 Å². The average molecular weight is 412 g/mol. The number of hydrogen-bond acceptors (Lipinski definition) is 6. The third-order valence-electron chi connectivity index (χ3n) is 4.40. The van der Waals surface area contributed by atoms with Gasteiger partial charge < -0.3 is 21.5 Å². The fraction of sp³-hybridized carbons (Fsp3) is 0.364. The lowest BCUT2D eigenvalue weighted by atomic mass is 10.1. The first-order chi connectivity index (χ1) is 14.6. The number of aliphatic carboxylic acids is 1. The zero-order valence-corrected chi connectivity index (χ0v) is 17.0. The summed E-state index contributed by atoms with van der Waals surface area (Å²) in [6.07, 6.45) is 3.68. The highest BCUT2D eigenvalue weighted by Gasteiger charge is 2.20. The van der Waals surface area contributed by atoms with Crippen LogP contribution in [0.4, 0.5) is 17.1 Å². The van der Waals surface area contributed by atoms with Crippen molar-refractivity contribution in [3.63, 3.8) is 0 Å². The van der Waals surface area contributed by atoms with Gasteiger partial charge >= 0.3 is 5.97 Å². The molecule has 0 saturated carbocycles. The molecule has 2 aromatic carbocycles. The molecule has 0 fully saturated rings. The summed E-state index contributed by atoms with van der Waals surface area (Å²) in [5.74, 6) is -1.40. The van der Waals surface area contributed by atoms with Gasteiger partial charge in [0.1, 0.15) is 6.04 Å². The molecule has 0 radical (unpaired) electrons. The Bertz CT molecular complexity index is 809. The summed E-state index contributed by atoms with van der Waals surface area (Å²) in [6, 6.07) is 15.3. The van der Waals surface area contributed by atoms with Crippen LogP contribution in [0.5, 0.6) is 0 Å². The summed E-state index contributed by atoms with van der Waals surface area (Å²) in [6.45, 7) is 1.22. The van der Waals surface area contributed by atoms with E-state index in [-0.39, 0.29) is 12.3 Å². The lowest BCUT2D eigenvalue weighted by Gasteiger charge is -2.14. The van der Waals surface area contributed by atoms with E-state index in [1.54, 1.807) is 24.3 Å². The standard InChI is InChI=1S/C22H29N5O3/c23-14-6-1-2-7-15-24-20(22(29)30)16-21(28)25-17-10-12-19(13-11-17)27-26-18-8-4-3-5-9-18/h3-5,8-13,20,24H,1-2,6-7,14-16,23H2,(H,25,28)(H,29,30)/t20-/m0/s1. The Morgan fingerprint density at radius 1 is 0.900 bits per heavy atom. The van der Waals surface area contributed by atoms with Gasteiger partial charge in [-0.3, -0.25) is 9.59 Å². The van der Waals surface area contributed by atoms with E-state index in [0.29, 0.717) is 24.5 Å². The van der Waals surface area contributed by atoms with Crippen molar-refractivity contribution in [3.05, 3.63) is 54.6 Å². The first-order valence-electron chi connectivity index (χ1n) is 10.1. The number of nitrogens with two attached hydrogens (primary N) is 1. The van der Waals surface area contributed by atoms with Crippen LogP contribution >= 0.6 is 0 Å². The molecule has 1 atom stereocenters. The summed E-state index contributed by atoms with van der Waals surface area (Å²) in [4.78, 5) is 23.6. The summed E-state index contributed by atoms with van der Waals surface area (Å²) in [5, 5.41) is 23.3. The second-order valence-electron chi connectivity index (χ2n) is 6.88. The van der Waals surface area contributed by atoms with Gasteiger partial charge in [0.05, 0.1) is 17.8 Å². The second kappa shape index (κ2) is 13.2. The Morgan fingerprint density at radius 2 is 1.53 bits per heavy atom. The van der Waals surface area contributed by atoms with Crippen LogP contribution in [0.2, 0.25) is 0 Å². The number of nitrogens with zero attached hydrogens (tertiary/aromatic N) is 2. The minimum Gasteiger partial charge on any atom is -0.480 e. The van der Waals surface area contributed by atoms with Crippen molar-refractivity contribution in [1.29, 1.82) is 0 Å². The van der Waals surface area contributed by atoms with Gasteiger partial charge in [-0.1, -0.05) is 31.0 Å². The van der Waals surface area contributed by atoms with Gasteiger partial charge in [0, 0.05) is 5.69 Å². The molecule has 8 nitrogen and oxygen atoms in total. The highest BCUT2D eigenvalue weighted by atomic mass is 16.4. The molecular weight excluding hydrogens is 382 g/mol. The van der Waals surface area contributed by atoms with E-state index >= 15 is 0 Å². The maximum atomic E-state index is 12.2. The molecular formula is C22H29N5O3. The fourth-order valence-corrected chi connectivity index (χ4v) is 2.76. The van der Waals surface area contributed by atoms with E-state index in [1.807, 2.05) is 30.3 Å². The van der Waals surface area contributed by atoms with Gasteiger partial charge in [-0.05, 0) is 62.3 Å². The van der Waals surface area contributed by atoms with Crippen molar-refractivity contribution in [2.75, 3.05) is 18.4 Å². The molecule has 0 unspecified atom stereocenters. The van der Waals surface area contributed by atoms with Crippen molar-refractivity contribution in [1.82, 2.24) is 5.32 Å². The number of amides is 1. The van der Waals surface area contributed by atoms with Crippen molar-refractivity contribution < 1.29 is 14.7 Å². The number of anilines is 1. The summed E-state index contributed by atoms with van der Waals surface area (Å²) in [5.41, 5.74) is 7.42. The van der Waals surface area contributed by atoms with E-state index in [0.717, 1.165) is 31.4 Å². The highest BCUT2D eigenvalue weighted by Crippen LogP contribution is 2.20. The monoisotopic (exact) mass is 411 g/mol. The van der Waals surface area contributed by atoms with Crippen molar-refractivity contribution in [2.24, 2.45) is 16.0 Å². The number of carboxylic acid groups (broad SMARTS) is 1. The molecule has 2 aromatic rings. The maximum Gasteiger partial charge on any atom is 0.321 e. The first kappa shape index (κ1) is 23.2. The van der Waals surface area contributed by atoms with Gasteiger partial charge in [-0.15, -0.1) is 0 Å². The van der Waals surface area contributed by atoms with E-state index in [2.05, 4.69) is 20.9 Å². The molecule has 0 bridgehead atoms. The quantitative estimate of drug-likeness (QED) is 0.292. The lowest BCUT2D eigenvalue weighted by Crippen LogP contribution is -2.40. The van der Waals surface area contributed by atoms with Gasteiger partial charge in [0.15, 0.2) is 0 Å². The summed E-state index contributed by atoms with van der Waals surface area (Å²) >= 11 is 0. The lowest BCUT2D eigenvalue weighted by molar-refractivity contribution is -0.141. The molecule has 0 saturated heterocycles. The van der Waals surface area contributed by atoms with E-state index in [4.69, 9.17) is 5.73 Å². The molecule has 8 heteroatoms. The van der Waals surface area contributed by atoms with Crippen molar-refractivity contribution in [3.8, 4) is 0 Å². The molecule has 0 aliphatic heterocycles. The minimum atomic E-state index is -1.04. The molecule has 0 aliphatic rings. The van der Waals surface area contributed by atoms with Gasteiger partial charge in [-0.2, -0.15) is 10.2 Å². The Balaban J connectivity index is 1.79. The summed E-state index contributed by atoms with van der Waals surface area (Å²) < 4.78 is 0. The van der Waals surface area contributed by atoms with Crippen LogP contribution in [0.25, 0.3) is 0 Å². The number of unbranched alkanes of at least 4 members (excludes halogenated alkanes) is 3. The SMILES string of the molecule is NCCCCCCN[C@@H](CC(=O)Nc1ccc(N=Nc2ccccc2)cc1)C(=O)O. The first-order valence-corrected chi connectivity index (χ1v) is 10.1. The zero-order chi connectivity index (χ0) is 21.6. The predicted molar refractivity (Wildman–Crippen MR) is 117 cm³/mol. The predicted octanol–water partition coefficient (Wildman–Crippen LogP) is 3.99. The number of carbonyl (C=O) groups is 2. The summed E-state index contributed by atoms with van der Waals surface area (Å²) in [7, 11) is 0. The third-order valence-corrected chi connectivity index (χ3v) is 4.40. The van der Waals surface area contributed by atoms with E-state index < -0.39 is 12.0 Å². The Hall–Kier alpha value is -3.10. The molecule has 0 aromatic heterocycles. The van der Waals surface area contributed by atoms with Crippen LogP contribution in [-0.2, 0) is 9.59 Å². The number of carbonyl (C=O) groups excluding carboxylic acids is 1.